The average molecular weight is 241 g/mol. The van der Waals surface area contributed by atoms with Crippen LogP contribution in [0.2, 0.25) is 0 Å². The third-order valence-electron chi connectivity index (χ3n) is 2.25. The molecule has 4 nitrogen and oxygen atoms in total. The highest BCUT2D eigenvalue weighted by Gasteiger charge is 2.02. The molecule has 0 fully saturated rings. The van der Waals surface area contributed by atoms with Gasteiger partial charge in [-0.15, -0.1) is 0 Å². The molecular formula is C13H23NO3. The highest BCUT2D eigenvalue weighted by molar-refractivity contribution is 5.06. The molecule has 17 heavy (non-hydrogen) atoms. The second-order valence-electron chi connectivity index (χ2n) is 4.44. The van der Waals surface area contributed by atoms with Crippen molar-refractivity contribution in [3.63, 3.8) is 0 Å². The summed E-state index contributed by atoms with van der Waals surface area (Å²) in [6.45, 7) is 7.86. The average Bonchev–Trinajstić information content (AvgIpc) is 2.72. The number of furan rings is 1. The molecule has 0 aliphatic rings. The van der Waals surface area contributed by atoms with E-state index in [0.29, 0.717) is 25.7 Å². The second-order valence-corrected chi connectivity index (χ2v) is 4.44. The predicted molar refractivity (Wildman–Crippen MR) is 66.8 cm³/mol. The molecule has 0 aliphatic carbocycles. The van der Waals surface area contributed by atoms with E-state index in [1.165, 1.54) is 0 Å². The van der Waals surface area contributed by atoms with Gasteiger partial charge in [-0.25, -0.2) is 0 Å². The van der Waals surface area contributed by atoms with Crippen molar-refractivity contribution >= 4 is 0 Å². The Kier molecular flexibility index (Phi) is 6.93. The van der Waals surface area contributed by atoms with Crippen LogP contribution in [0.5, 0.6) is 0 Å². The molecular weight excluding hydrogens is 218 g/mol. The molecule has 0 unspecified atom stereocenters. The summed E-state index contributed by atoms with van der Waals surface area (Å²) in [6.07, 6.45) is 0. The monoisotopic (exact) mass is 241 g/mol. The highest BCUT2D eigenvalue weighted by Crippen LogP contribution is 2.09. The zero-order chi connectivity index (χ0) is 12.5. The Morgan fingerprint density at radius 3 is 2.71 bits per heavy atom. The van der Waals surface area contributed by atoms with Crippen molar-refractivity contribution in [1.82, 2.24) is 5.32 Å². The van der Waals surface area contributed by atoms with E-state index in [2.05, 4.69) is 19.2 Å². The van der Waals surface area contributed by atoms with Crippen molar-refractivity contribution in [2.24, 2.45) is 5.92 Å². The zero-order valence-corrected chi connectivity index (χ0v) is 11.0. The van der Waals surface area contributed by atoms with E-state index in [-0.39, 0.29) is 0 Å². The lowest BCUT2D eigenvalue weighted by molar-refractivity contribution is 0.0533. The lowest BCUT2D eigenvalue weighted by atomic mass is 10.2. The van der Waals surface area contributed by atoms with E-state index in [9.17, 15) is 0 Å². The van der Waals surface area contributed by atoms with Gasteiger partial charge in [-0.3, -0.25) is 0 Å². The van der Waals surface area contributed by atoms with Crippen molar-refractivity contribution < 1.29 is 13.9 Å². The Morgan fingerprint density at radius 1 is 1.24 bits per heavy atom. The number of hydrogen-bond acceptors (Lipinski definition) is 4. The topological polar surface area (TPSA) is 43.6 Å². The molecule has 0 amide bonds. The standard InChI is InChI=1S/C13H23NO3/c1-11(2)8-14-9-12-4-5-13(17-12)10-16-7-6-15-3/h4-5,11,14H,6-10H2,1-3H3. The van der Waals surface area contributed by atoms with Crippen LogP contribution in [-0.4, -0.2) is 26.9 Å². The molecule has 1 heterocycles. The summed E-state index contributed by atoms with van der Waals surface area (Å²) in [4.78, 5) is 0. The van der Waals surface area contributed by atoms with Crippen LogP contribution >= 0.6 is 0 Å². The number of methoxy groups -OCH3 is 1. The molecule has 0 spiro atoms. The minimum absolute atomic E-state index is 0.507. The van der Waals surface area contributed by atoms with Gasteiger partial charge in [0.05, 0.1) is 19.8 Å². The first-order valence-corrected chi connectivity index (χ1v) is 6.07. The summed E-state index contributed by atoms with van der Waals surface area (Å²) in [5.74, 6) is 2.47. The first-order valence-electron chi connectivity index (χ1n) is 6.07. The first kappa shape index (κ1) is 14.2. The van der Waals surface area contributed by atoms with Gasteiger partial charge in [0.15, 0.2) is 0 Å². The van der Waals surface area contributed by atoms with Gasteiger partial charge in [0.2, 0.25) is 0 Å². The Balaban J connectivity index is 2.18. The Hall–Kier alpha value is -0.840. The van der Waals surface area contributed by atoms with Crippen molar-refractivity contribution in [3.05, 3.63) is 23.7 Å². The molecule has 0 bridgehead atoms. The molecule has 4 heteroatoms. The molecule has 98 valence electrons. The van der Waals surface area contributed by atoms with E-state index in [4.69, 9.17) is 13.9 Å². The molecule has 1 aromatic heterocycles. The van der Waals surface area contributed by atoms with Gasteiger partial charge in [-0.05, 0) is 24.6 Å². The minimum atomic E-state index is 0.507. The minimum Gasteiger partial charge on any atom is -0.462 e. The molecule has 0 radical (unpaired) electrons. The first-order chi connectivity index (χ1) is 8.22. The molecule has 1 N–H and O–H groups in total. The van der Waals surface area contributed by atoms with E-state index in [1.807, 2.05) is 12.1 Å². The normalized spacial score (nSPS) is 11.3. The van der Waals surface area contributed by atoms with Crippen molar-refractivity contribution in [2.45, 2.75) is 27.0 Å². The van der Waals surface area contributed by atoms with Crippen LogP contribution < -0.4 is 5.32 Å². The maximum atomic E-state index is 5.62. The van der Waals surface area contributed by atoms with Gasteiger partial charge in [-0.1, -0.05) is 13.8 Å². The third-order valence-corrected chi connectivity index (χ3v) is 2.25. The lowest BCUT2D eigenvalue weighted by Gasteiger charge is -2.05. The summed E-state index contributed by atoms with van der Waals surface area (Å²) >= 11 is 0. The van der Waals surface area contributed by atoms with E-state index >= 15 is 0 Å². The van der Waals surface area contributed by atoms with Gasteiger partial charge < -0.3 is 19.2 Å². The Bertz CT molecular complexity index is 297. The molecule has 0 aromatic carbocycles. The van der Waals surface area contributed by atoms with Crippen LogP contribution in [0.3, 0.4) is 0 Å². The fraction of sp³-hybridized carbons (Fsp3) is 0.692. The Morgan fingerprint density at radius 2 is 2.00 bits per heavy atom. The molecule has 0 saturated heterocycles. The van der Waals surface area contributed by atoms with Crippen molar-refractivity contribution in [1.29, 1.82) is 0 Å². The third kappa shape index (κ3) is 6.46. The largest absolute Gasteiger partial charge is 0.462 e. The molecule has 0 atom stereocenters. The van der Waals surface area contributed by atoms with E-state index < -0.39 is 0 Å². The lowest BCUT2D eigenvalue weighted by Crippen LogP contribution is -2.18. The zero-order valence-electron chi connectivity index (χ0n) is 11.0. The van der Waals surface area contributed by atoms with Gasteiger partial charge >= 0.3 is 0 Å². The maximum Gasteiger partial charge on any atom is 0.129 e. The van der Waals surface area contributed by atoms with Crippen LogP contribution in [0, 0.1) is 5.92 Å². The van der Waals surface area contributed by atoms with Crippen LogP contribution in [-0.2, 0) is 22.6 Å². The predicted octanol–water partition coefficient (Wildman–Crippen LogP) is 2.19. The van der Waals surface area contributed by atoms with E-state index in [1.54, 1.807) is 7.11 Å². The highest BCUT2D eigenvalue weighted by atomic mass is 16.5. The van der Waals surface area contributed by atoms with Crippen LogP contribution in [0.25, 0.3) is 0 Å². The second kappa shape index (κ2) is 8.28. The quantitative estimate of drug-likeness (QED) is 0.673. The summed E-state index contributed by atoms with van der Waals surface area (Å²) in [5, 5.41) is 3.34. The summed E-state index contributed by atoms with van der Waals surface area (Å²) in [5.41, 5.74) is 0. The maximum absolute atomic E-state index is 5.62. The van der Waals surface area contributed by atoms with Crippen LogP contribution in [0.4, 0.5) is 0 Å². The van der Waals surface area contributed by atoms with Crippen molar-refractivity contribution in [3.8, 4) is 0 Å². The molecule has 1 rings (SSSR count). The fourth-order valence-corrected chi connectivity index (χ4v) is 1.39. The molecule has 0 aliphatic heterocycles. The van der Waals surface area contributed by atoms with E-state index in [0.717, 1.165) is 24.6 Å². The van der Waals surface area contributed by atoms with Gasteiger partial charge in [0, 0.05) is 7.11 Å². The fourth-order valence-electron chi connectivity index (χ4n) is 1.39. The van der Waals surface area contributed by atoms with Gasteiger partial charge in [0.1, 0.15) is 18.1 Å². The molecule has 0 saturated carbocycles. The number of nitrogens with one attached hydrogen (secondary N) is 1. The number of rotatable bonds is 9. The summed E-state index contributed by atoms with van der Waals surface area (Å²) < 4.78 is 15.9. The molecule has 1 aromatic rings. The Labute approximate surface area is 103 Å². The number of ether oxygens (including phenoxy) is 2. The SMILES string of the molecule is COCCOCc1ccc(CNCC(C)C)o1. The van der Waals surface area contributed by atoms with Crippen LogP contribution in [0.15, 0.2) is 16.5 Å². The summed E-state index contributed by atoms with van der Waals surface area (Å²) in [7, 11) is 1.66. The van der Waals surface area contributed by atoms with Gasteiger partial charge in [-0.2, -0.15) is 0 Å². The van der Waals surface area contributed by atoms with Crippen molar-refractivity contribution in [2.75, 3.05) is 26.9 Å². The smallest absolute Gasteiger partial charge is 0.129 e. The number of hydrogen-bond donors (Lipinski definition) is 1. The van der Waals surface area contributed by atoms with Gasteiger partial charge in [0.25, 0.3) is 0 Å². The summed E-state index contributed by atoms with van der Waals surface area (Å²) in [6, 6.07) is 3.95. The van der Waals surface area contributed by atoms with Crippen LogP contribution in [0.1, 0.15) is 25.4 Å².